The minimum Gasteiger partial charge on any atom is -0.0654 e. The molecule has 0 aromatic rings. The smallest absolute Gasteiger partial charge is 0.0263 e. The molecule has 1 aliphatic rings. The molecule has 1 rings (SSSR count). The monoisotopic (exact) mass is 181 g/mol. The molecule has 77 valence electrons. The standard InChI is InChI=1S/C13H25/c1-3-5-7-9-13(11-12-13)10-8-6-4-2/h11H,3-10,12H2,1-2H3. The van der Waals surface area contributed by atoms with E-state index in [1.54, 1.807) is 0 Å². The SMILES string of the molecule is CCCCCC1(CCCCC)[CH]C1. The highest BCUT2D eigenvalue weighted by molar-refractivity contribution is 5.09. The zero-order chi connectivity index (χ0) is 9.57. The molecule has 0 aliphatic heterocycles. The zero-order valence-corrected chi connectivity index (χ0v) is 9.44. The van der Waals surface area contributed by atoms with Gasteiger partial charge in [-0.05, 0) is 31.1 Å². The molecule has 1 aliphatic carbocycles. The predicted molar refractivity (Wildman–Crippen MR) is 59.6 cm³/mol. The summed E-state index contributed by atoms with van der Waals surface area (Å²) in [5.74, 6) is 0. The summed E-state index contributed by atoms with van der Waals surface area (Å²) in [6.07, 6.45) is 15.4. The first-order valence-electron chi connectivity index (χ1n) is 6.17. The highest BCUT2D eigenvalue weighted by Gasteiger charge is 2.40. The van der Waals surface area contributed by atoms with Crippen molar-refractivity contribution in [1.82, 2.24) is 0 Å². The Bertz CT molecular complexity index is 110. The fourth-order valence-electron chi connectivity index (χ4n) is 2.13. The minimum absolute atomic E-state index is 0.727. The molecule has 0 heterocycles. The van der Waals surface area contributed by atoms with E-state index in [2.05, 4.69) is 20.3 Å². The summed E-state index contributed by atoms with van der Waals surface area (Å²) in [4.78, 5) is 0. The van der Waals surface area contributed by atoms with Crippen LogP contribution >= 0.6 is 0 Å². The second-order valence-electron chi connectivity index (χ2n) is 4.68. The van der Waals surface area contributed by atoms with Crippen molar-refractivity contribution >= 4 is 0 Å². The van der Waals surface area contributed by atoms with Gasteiger partial charge in [0.15, 0.2) is 0 Å². The molecule has 0 atom stereocenters. The second-order valence-corrected chi connectivity index (χ2v) is 4.68. The lowest BCUT2D eigenvalue weighted by Gasteiger charge is -2.13. The Morgan fingerprint density at radius 3 is 1.69 bits per heavy atom. The van der Waals surface area contributed by atoms with Gasteiger partial charge in [-0.2, -0.15) is 0 Å². The quantitative estimate of drug-likeness (QED) is 0.474. The van der Waals surface area contributed by atoms with Crippen molar-refractivity contribution in [2.75, 3.05) is 0 Å². The molecule has 0 saturated heterocycles. The molecular formula is C13H25. The predicted octanol–water partition coefficient (Wildman–Crippen LogP) is 4.74. The van der Waals surface area contributed by atoms with Crippen molar-refractivity contribution in [3.8, 4) is 0 Å². The van der Waals surface area contributed by atoms with Crippen LogP contribution < -0.4 is 0 Å². The topological polar surface area (TPSA) is 0 Å². The average molecular weight is 181 g/mol. The first kappa shape index (κ1) is 11.1. The maximum atomic E-state index is 2.55. The van der Waals surface area contributed by atoms with Crippen LogP contribution in [-0.4, -0.2) is 0 Å². The van der Waals surface area contributed by atoms with Gasteiger partial charge in [0, 0.05) is 0 Å². The van der Waals surface area contributed by atoms with Gasteiger partial charge in [0.05, 0.1) is 0 Å². The van der Waals surface area contributed by atoms with Gasteiger partial charge in [0.2, 0.25) is 0 Å². The van der Waals surface area contributed by atoms with Crippen LogP contribution in [-0.2, 0) is 0 Å². The van der Waals surface area contributed by atoms with Crippen molar-refractivity contribution < 1.29 is 0 Å². The Morgan fingerprint density at radius 2 is 1.38 bits per heavy atom. The van der Waals surface area contributed by atoms with E-state index in [0.717, 1.165) is 5.41 Å². The average Bonchev–Trinajstić information content (AvgIpc) is 2.87. The van der Waals surface area contributed by atoms with Crippen LogP contribution in [0, 0.1) is 11.8 Å². The van der Waals surface area contributed by atoms with Crippen molar-refractivity contribution in [2.45, 2.75) is 71.6 Å². The molecule has 0 heteroatoms. The van der Waals surface area contributed by atoms with Crippen LogP contribution in [0.4, 0.5) is 0 Å². The molecule has 13 heavy (non-hydrogen) atoms. The van der Waals surface area contributed by atoms with E-state index >= 15 is 0 Å². The molecule has 0 nitrogen and oxygen atoms in total. The lowest BCUT2D eigenvalue weighted by Crippen LogP contribution is -2.00. The van der Waals surface area contributed by atoms with Crippen LogP contribution in [0.15, 0.2) is 0 Å². The Hall–Kier alpha value is 0. The summed E-state index contributed by atoms with van der Waals surface area (Å²) < 4.78 is 0. The molecule has 0 aromatic carbocycles. The molecule has 1 fully saturated rings. The van der Waals surface area contributed by atoms with E-state index < -0.39 is 0 Å². The summed E-state index contributed by atoms with van der Waals surface area (Å²) >= 11 is 0. The highest BCUT2D eigenvalue weighted by atomic mass is 14.5. The lowest BCUT2D eigenvalue weighted by atomic mass is 9.92. The second kappa shape index (κ2) is 5.67. The molecule has 0 amide bonds. The summed E-state index contributed by atoms with van der Waals surface area (Å²) in [5.41, 5.74) is 0.727. The van der Waals surface area contributed by atoms with Crippen LogP contribution in [0.3, 0.4) is 0 Å². The van der Waals surface area contributed by atoms with Gasteiger partial charge in [-0.15, -0.1) is 0 Å². The van der Waals surface area contributed by atoms with E-state index in [9.17, 15) is 0 Å². The summed E-state index contributed by atoms with van der Waals surface area (Å²) in [7, 11) is 0. The largest absolute Gasteiger partial charge is 0.0654 e. The van der Waals surface area contributed by atoms with Crippen molar-refractivity contribution in [3.05, 3.63) is 6.42 Å². The van der Waals surface area contributed by atoms with Crippen LogP contribution in [0.2, 0.25) is 0 Å². The van der Waals surface area contributed by atoms with Gasteiger partial charge in [0.1, 0.15) is 0 Å². The van der Waals surface area contributed by atoms with E-state index in [0.29, 0.717) is 0 Å². The maximum absolute atomic E-state index is 2.55. The summed E-state index contributed by atoms with van der Waals surface area (Å²) in [6, 6.07) is 0. The number of hydrogen-bond acceptors (Lipinski definition) is 0. The van der Waals surface area contributed by atoms with Crippen LogP contribution in [0.5, 0.6) is 0 Å². The molecule has 0 N–H and O–H groups in total. The molecule has 0 unspecified atom stereocenters. The molecule has 0 bridgehead atoms. The minimum atomic E-state index is 0.727. The number of rotatable bonds is 8. The molecule has 1 radical (unpaired) electrons. The number of unbranched alkanes of at least 4 members (excludes halogenated alkanes) is 4. The van der Waals surface area contributed by atoms with E-state index in [1.807, 2.05) is 0 Å². The van der Waals surface area contributed by atoms with E-state index in [1.165, 1.54) is 57.8 Å². The van der Waals surface area contributed by atoms with Crippen molar-refractivity contribution in [1.29, 1.82) is 0 Å². The molecular weight excluding hydrogens is 156 g/mol. The molecule has 1 saturated carbocycles. The normalized spacial score (nSPS) is 18.9. The van der Waals surface area contributed by atoms with Gasteiger partial charge in [0.25, 0.3) is 0 Å². The van der Waals surface area contributed by atoms with Gasteiger partial charge >= 0.3 is 0 Å². The maximum Gasteiger partial charge on any atom is -0.0263 e. The van der Waals surface area contributed by atoms with Crippen LogP contribution in [0.25, 0.3) is 0 Å². The Balaban J connectivity index is 2.01. The zero-order valence-electron chi connectivity index (χ0n) is 9.44. The van der Waals surface area contributed by atoms with E-state index in [-0.39, 0.29) is 0 Å². The van der Waals surface area contributed by atoms with Gasteiger partial charge in [-0.1, -0.05) is 52.4 Å². The Labute approximate surface area is 84.1 Å². The third-order valence-corrected chi connectivity index (χ3v) is 3.34. The molecule has 0 aromatic heterocycles. The third-order valence-electron chi connectivity index (χ3n) is 3.34. The van der Waals surface area contributed by atoms with Gasteiger partial charge < -0.3 is 0 Å². The summed E-state index contributed by atoms with van der Waals surface area (Å²) in [5, 5.41) is 0. The fraction of sp³-hybridized carbons (Fsp3) is 0.923. The highest BCUT2D eigenvalue weighted by Crippen LogP contribution is 2.52. The fourth-order valence-corrected chi connectivity index (χ4v) is 2.13. The van der Waals surface area contributed by atoms with E-state index in [4.69, 9.17) is 0 Å². The Kier molecular flexibility index (Phi) is 4.83. The Morgan fingerprint density at radius 1 is 0.923 bits per heavy atom. The first-order valence-corrected chi connectivity index (χ1v) is 6.17. The van der Waals surface area contributed by atoms with Crippen molar-refractivity contribution in [2.24, 2.45) is 5.41 Å². The lowest BCUT2D eigenvalue weighted by molar-refractivity contribution is 0.407. The first-order chi connectivity index (χ1) is 6.33. The van der Waals surface area contributed by atoms with Gasteiger partial charge in [-0.3, -0.25) is 0 Å². The van der Waals surface area contributed by atoms with Gasteiger partial charge in [-0.25, -0.2) is 0 Å². The number of hydrogen-bond donors (Lipinski definition) is 0. The van der Waals surface area contributed by atoms with Crippen molar-refractivity contribution in [3.63, 3.8) is 0 Å². The van der Waals surface area contributed by atoms with Crippen LogP contribution in [0.1, 0.15) is 71.6 Å². The summed E-state index contributed by atoms with van der Waals surface area (Å²) in [6.45, 7) is 4.58. The molecule has 0 spiro atoms. The third kappa shape index (κ3) is 4.15.